The van der Waals surface area contributed by atoms with E-state index in [0.29, 0.717) is 12.3 Å². The van der Waals surface area contributed by atoms with Gasteiger partial charge >= 0.3 is 5.97 Å². The molecule has 146 valence electrons. The first-order chi connectivity index (χ1) is 13.6. The van der Waals surface area contributed by atoms with Gasteiger partial charge in [-0.25, -0.2) is 9.78 Å². The fourth-order valence-corrected chi connectivity index (χ4v) is 3.34. The molecule has 28 heavy (non-hydrogen) atoms. The molecule has 3 aromatic rings. The van der Waals surface area contributed by atoms with Crippen LogP contribution in [0.15, 0.2) is 54.6 Å². The number of esters is 1. The maximum absolute atomic E-state index is 11.3. The molecule has 1 atom stereocenters. The molecule has 0 saturated heterocycles. The maximum Gasteiger partial charge on any atom is 0.330 e. The van der Waals surface area contributed by atoms with E-state index in [4.69, 9.17) is 4.98 Å². The van der Waals surface area contributed by atoms with Crippen LogP contribution in [0.1, 0.15) is 36.2 Å². The first-order valence-electron chi connectivity index (χ1n) is 9.53. The van der Waals surface area contributed by atoms with Crippen molar-refractivity contribution in [2.45, 2.75) is 32.2 Å². The van der Waals surface area contributed by atoms with Crippen molar-refractivity contribution in [2.24, 2.45) is 0 Å². The van der Waals surface area contributed by atoms with Crippen molar-refractivity contribution in [1.82, 2.24) is 9.55 Å². The van der Waals surface area contributed by atoms with Crippen LogP contribution in [0.4, 0.5) is 0 Å². The zero-order valence-electron chi connectivity index (χ0n) is 16.3. The Morgan fingerprint density at radius 2 is 2.04 bits per heavy atom. The standard InChI is InChI=1S/C23H26N2O3/c1-17(19-7-4-3-5-8-19)15-22-24-20-16-18(10-12-23(27)28-2)9-11-21(20)25(22)13-6-14-26/h3-5,7-12,16-17,26H,6,13-15H2,1-2H3/b12-10+. The second kappa shape index (κ2) is 9.33. The fourth-order valence-electron chi connectivity index (χ4n) is 3.34. The van der Waals surface area contributed by atoms with Crippen molar-refractivity contribution >= 4 is 23.1 Å². The highest BCUT2D eigenvalue weighted by atomic mass is 16.5. The number of benzene rings is 2. The van der Waals surface area contributed by atoms with Crippen LogP contribution in [0.25, 0.3) is 17.1 Å². The molecular formula is C23H26N2O3. The number of ether oxygens (including phenoxy) is 1. The minimum absolute atomic E-state index is 0.146. The van der Waals surface area contributed by atoms with Gasteiger partial charge < -0.3 is 14.4 Å². The lowest BCUT2D eigenvalue weighted by Gasteiger charge is -2.13. The summed E-state index contributed by atoms with van der Waals surface area (Å²) in [5.74, 6) is 0.962. The minimum atomic E-state index is -0.383. The van der Waals surface area contributed by atoms with Crippen LogP contribution in [-0.4, -0.2) is 34.3 Å². The van der Waals surface area contributed by atoms with Gasteiger partial charge in [0, 0.05) is 25.6 Å². The van der Waals surface area contributed by atoms with Gasteiger partial charge in [0.15, 0.2) is 0 Å². The lowest BCUT2D eigenvalue weighted by atomic mass is 9.97. The number of imidazole rings is 1. The lowest BCUT2D eigenvalue weighted by molar-refractivity contribution is -0.134. The molecule has 1 heterocycles. The van der Waals surface area contributed by atoms with Crippen LogP contribution in [0.5, 0.6) is 0 Å². The molecule has 5 nitrogen and oxygen atoms in total. The van der Waals surface area contributed by atoms with Gasteiger partial charge in [-0.1, -0.05) is 43.3 Å². The summed E-state index contributed by atoms with van der Waals surface area (Å²) in [6.45, 7) is 3.07. The van der Waals surface area contributed by atoms with E-state index in [-0.39, 0.29) is 12.6 Å². The topological polar surface area (TPSA) is 64.3 Å². The largest absolute Gasteiger partial charge is 0.466 e. The molecule has 0 saturated carbocycles. The Kier molecular flexibility index (Phi) is 6.61. The van der Waals surface area contributed by atoms with Gasteiger partial charge in [-0.05, 0) is 41.7 Å². The number of aromatic nitrogens is 2. The van der Waals surface area contributed by atoms with Crippen molar-refractivity contribution in [3.63, 3.8) is 0 Å². The molecule has 0 spiro atoms. The SMILES string of the molecule is COC(=O)/C=C/c1ccc2c(c1)nc(CC(C)c1ccccc1)n2CCCO. The first kappa shape index (κ1) is 19.8. The smallest absolute Gasteiger partial charge is 0.330 e. The number of carbonyl (C=O) groups excluding carboxylic acids is 1. The highest BCUT2D eigenvalue weighted by molar-refractivity contribution is 5.88. The van der Waals surface area contributed by atoms with E-state index < -0.39 is 0 Å². The van der Waals surface area contributed by atoms with Crippen molar-refractivity contribution in [3.05, 3.63) is 71.6 Å². The van der Waals surface area contributed by atoms with Crippen LogP contribution >= 0.6 is 0 Å². The van der Waals surface area contributed by atoms with E-state index in [9.17, 15) is 9.90 Å². The van der Waals surface area contributed by atoms with Gasteiger partial charge in [0.1, 0.15) is 5.82 Å². The number of hydrogen-bond acceptors (Lipinski definition) is 4. The highest BCUT2D eigenvalue weighted by Crippen LogP contribution is 2.25. The van der Waals surface area contributed by atoms with Crippen LogP contribution in [0.2, 0.25) is 0 Å². The van der Waals surface area contributed by atoms with Gasteiger partial charge in [0.2, 0.25) is 0 Å². The Bertz CT molecular complexity index is 961. The van der Waals surface area contributed by atoms with Gasteiger partial charge in [-0.15, -0.1) is 0 Å². The second-order valence-electron chi connectivity index (χ2n) is 6.88. The summed E-state index contributed by atoms with van der Waals surface area (Å²) in [6.07, 6.45) is 4.63. The molecular weight excluding hydrogens is 352 g/mol. The van der Waals surface area contributed by atoms with Gasteiger partial charge in [0.05, 0.1) is 18.1 Å². The van der Waals surface area contributed by atoms with Gasteiger partial charge in [-0.2, -0.15) is 0 Å². The van der Waals surface area contributed by atoms with Crippen LogP contribution in [-0.2, 0) is 22.5 Å². The van der Waals surface area contributed by atoms with Crippen molar-refractivity contribution < 1.29 is 14.6 Å². The number of fused-ring (bicyclic) bond motifs is 1. The summed E-state index contributed by atoms with van der Waals surface area (Å²) in [4.78, 5) is 16.2. The predicted octanol–water partition coefficient (Wildman–Crippen LogP) is 3.95. The number of aliphatic hydroxyl groups is 1. The fraction of sp³-hybridized carbons (Fsp3) is 0.304. The molecule has 0 bridgehead atoms. The Labute approximate surface area is 165 Å². The summed E-state index contributed by atoms with van der Waals surface area (Å²) in [5.41, 5.74) is 4.11. The molecule has 0 fully saturated rings. The Hall–Kier alpha value is -2.92. The number of nitrogens with zero attached hydrogens (tertiary/aromatic N) is 2. The zero-order valence-corrected chi connectivity index (χ0v) is 16.3. The molecule has 0 aliphatic carbocycles. The lowest BCUT2D eigenvalue weighted by Crippen LogP contribution is -2.09. The molecule has 3 rings (SSSR count). The predicted molar refractivity (Wildman–Crippen MR) is 111 cm³/mol. The molecule has 1 N–H and O–H groups in total. The highest BCUT2D eigenvalue weighted by Gasteiger charge is 2.15. The summed E-state index contributed by atoms with van der Waals surface area (Å²) in [7, 11) is 1.36. The third-order valence-electron chi connectivity index (χ3n) is 4.86. The molecule has 1 aromatic heterocycles. The third kappa shape index (κ3) is 4.67. The third-order valence-corrected chi connectivity index (χ3v) is 4.86. The Balaban J connectivity index is 1.93. The summed E-state index contributed by atoms with van der Waals surface area (Å²) in [5, 5.41) is 9.29. The molecule has 1 unspecified atom stereocenters. The summed E-state index contributed by atoms with van der Waals surface area (Å²) >= 11 is 0. The van der Waals surface area contributed by atoms with Crippen LogP contribution in [0.3, 0.4) is 0 Å². The van der Waals surface area contributed by atoms with E-state index in [1.54, 1.807) is 6.08 Å². The van der Waals surface area contributed by atoms with E-state index in [1.807, 2.05) is 24.3 Å². The number of carbonyl (C=O) groups is 1. The Morgan fingerprint density at radius 3 is 2.75 bits per heavy atom. The number of aliphatic hydroxyl groups excluding tert-OH is 1. The second-order valence-corrected chi connectivity index (χ2v) is 6.88. The summed E-state index contributed by atoms with van der Waals surface area (Å²) < 4.78 is 6.84. The van der Waals surface area contributed by atoms with E-state index in [2.05, 4.69) is 40.5 Å². The van der Waals surface area contributed by atoms with Crippen LogP contribution in [0, 0.1) is 0 Å². The minimum Gasteiger partial charge on any atom is -0.466 e. The number of aryl methyl sites for hydroxylation is 1. The van der Waals surface area contributed by atoms with Gasteiger partial charge in [-0.3, -0.25) is 0 Å². The average molecular weight is 378 g/mol. The normalized spacial score (nSPS) is 12.5. The molecule has 0 aliphatic heterocycles. The van der Waals surface area contributed by atoms with E-state index in [1.165, 1.54) is 18.7 Å². The molecule has 5 heteroatoms. The van der Waals surface area contributed by atoms with Crippen LogP contribution < -0.4 is 0 Å². The maximum atomic E-state index is 11.3. The molecule has 0 radical (unpaired) electrons. The number of rotatable bonds is 8. The van der Waals surface area contributed by atoms with Crippen molar-refractivity contribution in [1.29, 1.82) is 0 Å². The van der Waals surface area contributed by atoms with Crippen molar-refractivity contribution in [3.8, 4) is 0 Å². The number of methoxy groups -OCH3 is 1. The van der Waals surface area contributed by atoms with E-state index in [0.717, 1.165) is 35.4 Å². The first-order valence-corrected chi connectivity index (χ1v) is 9.53. The van der Waals surface area contributed by atoms with Gasteiger partial charge in [0.25, 0.3) is 0 Å². The Morgan fingerprint density at radius 1 is 1.25 bits per heavy atom. The summed E-state index contributed by atoms with van der Waals surface area (Å²) in [6, 6.07) is 16.4. The average Bonchev–Trinajstić information content (AvgIpc) is 3.07. The van der Waals surface area contributed by atoms with E-state index >= 15 is 0 Å². The monoisotopic (exact) mass is 378 g/mol. The molecule has 0 amide bonds. The van der Waals surface area contributed by atoms with Crippen molar-refractivity contribution in [2.75, 3.05) is 13.7 Å². The quantitative estimate of drug-likeness (QED) is 0.476. The number of hydrogen-bond donors (Lipinski definition) is 1. The zero-order chi connectivity index (χ0) is 19.9. The molecule has 0 aliphatic rings. The molecule has 2 aromatic carbocycles.